The molecule has 4 rings (SSSR count). The van der Waals surface area contributed by atoms with Gasteiger partial charge in [0.15, 0.2) is 6.29 Å². The Kier molecular flexibility index (Phi) is 8.07. The number of carbonyl (C=O) groups is 1. The summed E-state index contributed by atoms with van der Waals surface area (Å²) in [7, 11) is 0. The zero-order valence-corrected chi connectivity index (χ0v) is 18.5. The highest BCUT2D eigenvalue weighted by molar-refractivity contribution is 5.94. The summed E-state index contributed by atoms with van der Waals surface area (Å²) in [5.41, 5.74) is 5.62. The van der Waals surface area contributed by atoms with Crippen molar-refractivity contribution in [3.05, 3.63) is 95.6 Å². The maximum Gasteiger partial charge on any atom is 0.251 e. The molecule has 0 unspecified atom stereocenters. The molecule has 32 heavy (non-hydrogen) atoms. The lowest BCUT2D eigenvalue weighted by Gasteiger charge is -2.11. The lowest BCUT2D eigenvalue weighted by atomic mass is 9.99. The van der Waals surface area contributed by atoms with E-state index in [4.69, 9.17) is 9.47 Å². The molecule has 0 bridgehead atoms. The van der Waals surface area contributed by atoms with Crippen LogP contribution in [-0.4, -0.2) is 25.7 Å². The maximum absolute atomic E-state index is 12.0. The standard InChI is InChI=1S/C28H31NO3/c30-27(24-11-5-3-6-12-24)29-18-7-2-1-4-9-22-10-8-13-26(21-22)23-14-16-25(17-15-23)28-31-19-20-32-28/h3,5-6,8,10-17,21,28H,1-2,4,7,9,18-20H2,(H,29,30). The van der Waals surface area contributed by atoms with Gasteiger partial charge in [0.2, 0.25) is 0 Å². The van der Waals surface area contributed by atoms with Crippen molar-refractivity contribution in [2.45, 2.75) is 38.4 Å². The first-order valence-corrected chi connectivity index (χ1v) is 11.6. The summed E-state index contributed by atoms with van der Waals surface area (Å²) in [5.74, 6) is 0.0127. The fraction of sp³-hybridized carbons (Fsp3) is 0.321. The number of aryl methyl sites for hydroxylation is 1. The average molecular weight is 430 g/mol. The van der Waals surface area contributed by atoms with Crippen molar-refractivity contribution < 1.29 is 14.3 Å². The quantitative estimate of drug-likeness (QED) is 0.406. The molecule has 1 aliphatic heterocycles. The molecule has 0 aliphatic carbocycles. The monoisotopic (exact) mass is 429 g/mol. The molecule has 0 saturated carbocycles. The molecule has 1 heterocycles. The Labute approximate surface area is 190 Å². The van der Waals surface area contributed by atoms with Crippen LogP contribution in [0.4, 0.5) is 0 Å². The van der Waals surface area contributed by atoms with E-state index in [0.29, 0.717) is 13.2 Å². The van der Waals surface area contributed by atoms with E-state index < -0.39 is 0 Å². The Morgan fingerprint density at radius 2 is 1.53 bits per heavy atom. The molecule has 166 valence electrons. The number of hydrogen-bond donors (Lipinski definition) is 1. The van der Waals surface area contributed by atoms with Gasteiger partial charge in [0, 0.05) is 17.7 Å². The van der Waals surface area contributed by atoms with E-state index in [1.807, 2.05) is 30.3 Å². The first kappa shape index (κ1) is 22.3. The van der Waals surface area contributed by atoms with Crippen LogP contribution in [0.3, 0.4) is 0 Å². The van der Waals surface area contributed by atoms with Crippen LogP contribution in [0.5, 0.6) is 0 Å². The number of hydrogen-bond acceptors (Lipinski definition) is 3. The highest BCUT2D eigenvalue weighted by Crippen LogP contribution is 2.27. The third kappa shape index (κ3) is 6.28. The molecule has 4 heteroatoms. The third-order valence-corrected chi connectivity index (χ3v) is 5.78. The van der Waals surface area contributed by atoms with E-state index in [-0.39, 0.29) is 12.2 Å². The highest BCUT2D eigenvalue weighted by atomic mass is 16.7. The van der Waals surface area contributed by atoms with Crippen molar-refractivity contribution >= 4 is 5.91 Å². The summed E-state index contributed by atoms with van der Waals surface area (Å²) in [6.07, 6.45) is 5.32. The Hall–Kier alpha value is -2.95. The van der Waals surface area contributed by atoms with Crippen LogP contribution < -0.4 is 5.32 Å². The third-order valence-electron chi connectivity index (χ3n) is 5.78. The van der Waals surface area contributed by atoms with Gasteiger partial charge >= 0.3 is 0 Å². The molecule has 1 N–H and O–H groups in total. The van der Waals surface area contributed by atoms with E-state index in [1.54, 1.807) is 0 Å². The molecule has 1 amide bonds. The fourth-order valence-corrected chi connectivity index (χ4v) is 3.99. The highest BCUT2D eigenvalue weighted by Gasteiger charge is 2.17. The molecule has 4 nitrogen and oxygen atoms in total. The van der Waals surface area contributed by atoms with Gasteiger partial charge in [0.25, 0.3) is 5.91 Å². The Morgan fingerprint density at radius 1 is 0.781 bits per heavy atom. The predicted molar refractivity (Wildman–Crippen MR) is 127 cm³/mol. The molecular weight excluding hydrogens is 398 g/mol. The number of carbonyl (C=O) groups excluding carboxylic acids is 1. The molecule has 0 aromatic heterocycles. The number of amides is 1. The van der Waals surface area contributed by atoms with E-state index in [1.165, 1.54) is 23.1 Å². The van der Waals surface area contributed by atoms with Crippen molar-refractivity contribution in [1.29, 1.82) is 0 Å². The normalized spacial score (nSPS) is 13.9. The van der Waals surface area contributed by atoms with Gasteiger partial charge < -0.3 is 14.8 Å². The summed E-state index contributed by atoms with van der Waals surface area (Å²) >= 11 is 0. The first-order valence-electron chi connectivity index (χ1n) is 11.6. The van der Waals surface area contributed by atoms with E-state index in [2.05, 4.69) is 53.8 Å². The van der Waals surface area contributed by atoms with Gasteiger partial charge in [0.1, 0.15) is 0 Å². The molecule has 0 spiro atoms. The van der Waals surface area contributed by atoms with Crippen molar-refractivity contribution in [1.82, 2.24) is 5.32 Å². The van der Waals surface area contributed by atoms with Crippen LogP contribution in [0.1, 0.15) is 53.5 Å². The van der Waals surface area contributed by atoms with Crippen LogP contribution in [0.15, 0.2) is 78.9 Å². The summed E-state index contributed by atoms with van der Waals surface area (Å²) in [6.45, 7) is 2.06. The second kappa shape index (κ2) is 11.6. The second-order valence-electron chi connectivity index (χ2n) is 8.18. The van der Waals surface area contributed by atoms with Crippen LogP contribution >= 0.6 is 0 Å². The van der Waals surface area contributed by atoms with Gasteiger partial charge in [-0.25, -0.2) is 0 Å². The number of nitrogens with one attached hydrogen (secondary N) is 1. The number of ether oxygens (including phenoxy) is 2. The smallest absolute Gasteiger partial charge is 0.251 e. The molecule has 1 saturated heterocycles. The van der Waals surface area contributed by atoms with E-state index in [0.717, 1.165) is 43.4 Å². The van der Waals surface area contributed by atoms with Crippen molar-refractivity contribution in [3.8, 4) is 11.1 Å². The van der Waals surface area contributed by atoms with Crippen LogP contribution in [-0.2, 0) is 15.9 Å². The zero-order chi connectivity index (χ0) is 22.0. The first-order chi connectivity index (χ1) is 15.8. The van der Waals surface area contributed by atoms with Gasteiger partial charge in [0.05, 0.1) is 13.2 Å². The fourth-order valence-electron chi connectivity index (χ4n) is 3.99. The second-order valence-corrected chi connectivity index (χ2v) is 8.18. The largest absolute Gasteiger partial charge is 0.352 e. The van der Waals surface area contributed by atoms with Gasteiger partial charge in [-0.15, -0.1) is 0 Å². The van der Waals surface area contributed by atoms with Gasteiger partial charge in [-0.3, -0.25) is 4.79 Å². The summed E-state index contributed by atoms with van der Waals surface area (Å²) in [6, 6.07) is 26.7. The van der Waals surface area contributed by atoms with Crippen LogP contribution in [0, 0.1) is 0 Å². The lowest BCUT2D eigenvalue weighted by molar-refractivity contribution is -0.0441. The van der Waals surface area contributed by atoms with Crippen molar-refractivity contribution in [3.63, 3.8) is 0 Å². The molecule has 3 aromatic rings. The molecule has 0 radical (unpaired) electrons. The predicted octanol–water partition coefficient (Wildman–Crippen LogP) is 5.93. The van der Waals surface area contributed by atoms with E-state index >= 15 is 0 Å². The average Bonchev–Trinajstić information content (AvgIpc) is 3.39. The van der Waals surface area contributed by atoms with Crippen molar-refractivity contribution in [2.75, 3.05) is 19.8 Å². The van der Waals surface area contributed by atoms with Crippen LogP contribution in [0.25, 0.3) is 11.1 Å². The lowest BCUT2D eigenvalue weighted by Crippen LogP contribution is -2.24. The van der Waals surface area contributed by atoms with Crippen molar-refractivity contribution in [2.24, 2.45) is 0 Å². The Morgan fingerprint density at radius 3 is 2.31 bits per heavy atom. The molecule has 1 fully saturated rings. The minimum atomic E-state index is -0.220. The number of unbranched alkanes of at least 4 members (excludes halogenated alkanes) is 3. The van der Waals surface area contributed by atoms with Gasteiger partial charge in [-0.1, -0.05) is 79.6 Å². The van der Waals surface area contributed by atoms with Gasteiger partial charge in [-0.2, -0.15) is 0 Å². The summed E-state index contributed by atoms with van der Waals surface area (Å²) in [5, 5.41) is 3.00. The SMILES string of the molecule is O=C(NCCCCCCc1cccc(-c2ccc(C3OCCO3)cc2)c1)c1ccccc1. The molecule has 1 aliphatic rings. The van der Waals surface area contributed by atoms with Crippen LogP contribution in [0.2, 0.25) is 0 Å². The number of benzene rings is 3. The summed E-state index contributed by atoms with van der Waals surface area (Å²) in [4.78, 5) is 12.0. The molecule has 0 atom stereocenters. The van der Waals surface area contributed by atoms with Gasteiger partial charge in [-0.05, 0) is 48.1 Å². The minimum Gasteiger partial charge on any atom is -0.352 e. The molecular formula is C28H31NO3. The maximum atomic E-state index is 12.0. The minimum absolute atomic E-state index is 0.0127. The Bertz CT molecular complexity index is 979. The summed E-state index contributed by atoms with van der Waals surface area (Å²) < 4.78 is 11.1. The van der Waals surface area contributed by atoms with E-state index in [9.17, 15) is 4.79 Å². The molecule has 3 aromatic carbocycles. The topological polar surface area (TPSA) is 47.6 Å². The zero-order valence-electron chi connectivity index (χ0n) is 18.5. The number of rotatable bonds is 10. The Balaban J connectivity index is 1.17.